The predicted molar refractivity (Wildman–Crippen MR) is 60.6 cm³/mol. The van der Waals surface area contributed by atoms with Crippen LogP contribution >= 0.6 is 0 Å². The third-order valence-electron chi connectivity index (χ3n) is 2.05. The molecule has 0 rings (SSSR count). The lowest BCUT2D eigenvalue weighted by Gasteiger charge is -2.26. The number of aliphatic carboxylic acids is 1. The molecule has 0 aliphatic carbocycles. The van der Waals surface area contributed by atoms with Crippen LogP contribution in [0.25, 0.3) is 0 Å². The Morgan fingerprint density at radius 3 is 2.18 bits per heavy atom. The van der Waals surface area contributed by atoms with Crippen LogP contribution in [0.4, 0.5) is 9.18 Å². The summed E-state index contributed by atoms with van der Waals surface area (Å²) < 4.78 is 18.1. The zero-order valence-electron chi connectivity index (χ0n) is 10.9. The standard InChI is InChI=1S/C11H20FNO4/c1-7(12)8(9(14)15)6-13(5)10(16)17-11(2,3)4/h7-8H,6H2,1-5H3,(H,14,15). The predicted octanol–water partition coefficient (Wildman–Crippen LogP) is 1.91. The lowest BCUT2D eigenvalue weighted by Crippen LogP contribution is -2.41. The Morgan fingerprint density at radius 1 is 1.41 bits per heavy atom. The van der Waals surface area contributed by atoms with E-state index in [9.17, 15) is 14.0 Å². The molecule has 5 nitrogen and oxygen atoms in total. The van der Waals surface area contributed by atoms with Crippen molar-refractivity contribution in [3.8, 4) is 0 Å². The largest absolute Gasteiger partial charge is 0.481 e. The molecule has 0 saturated heterocycles. The van der Waals surface area contributed by atoms with E-state index in [4.69, 9.17) is 9.84 Å². The maximum Gasteiger partial charge on any atom is 0.410 e. The summed E-state index contributed by atoms with van der Waals surface area (Å²) in [5, 5.41) is 8.79. The molecule has 1 N–H and O–H groups in total. The molecule has 0 heterocycles. The topological polar surface area (TPSA) is 66.8 Å². The van der Waals surface area contributed by atoms with E-state index in [0.29, 0.717) is 0 Å². The Kier molecular flexibility index (Phi) is 5.38. The number of amides is 1. The van der Waals surface area contributed by atoms with Crippen LogP contribution in [-0.2, 0) is 9.53 Å². The Balaban J connectivity index is 4.46. The number of rotatable bonds is 4. The van der Waals surface area contributed by atoms with E-state index in [2.05, 4.69) is 0 Å². The molecule has 0 spiro atoms. The van der Waals surface area contributed by atoms with Crippen LogP contribution in [-0.4, -0.2) is 47.4 Å². The molecular weight excluding hydrogens is 229 g/mol. The number of carboxylic acids is 1. The van der Waals surface area contributed by atoms with Gasteiger partial charge < -0.3 is 14.7 Å². The van der Waals surface area contributed by atoms with Crippen molar-refractivity contribution in [1.29, 1.82) is 0 Å². The lowest BCUT2D eigenvalue weighted by atomic mass is 10.1. The zero-order chi connectivity index (χ0) is 13.8. The molecule has 0 aromatic rings. The number of nitrogens with zero attached hydrogens (tertiary/aromatic N) is 1. The van der Waals surface area contributed by atoms with Crippen molar-refractivity contribution < 1.29 is 23.8 Å². The molecule has 0 aliphatic heterocycles. The van der Waals surface area contributed by atoms with E-state index in [-0.39, 0.29) is 6.54 Å². The van der Waals surface area contributed by atoms with Crippen LogP contribution in [0.5, 0.6) is 0 Å². The van der Waals surface area contributed by atoms with Crippen LogP contribution < -0.4 is 0 Å². The van der Waals surface area contributed by atoms with Gasteiger partial charge in [0.25, 0.3) is 0 Å². The lowest BCUT2D eigenvalue weighted by molar-refractivity contribution is -0.144. The first-order valence-corrected chi connectivity index (χ1v) is 5.35. The molecule has 2 unspecified atom stereocenters. The van der Waals surface area contributed by atoms with E-state index in [1.165, 1.54) is 7.05 Å². The van der Waals surface area contributed by atoms with Crippen molar-refractivity contribution in [3.63, 3.8) is 0 Å². The summed E-state index contributed by atoms with van der Waals surface area (Å²) in [5.41, 5.74) is -0.661. The van der Waals surface area contributed by atoms with Gasteiger partial charge in [0.1, 0.15) is 17.7 Å². The highest BCUT2D eigenvalue weighted by atomic mass is 19.1. The molecule has 100 valence electrons. The highest BCUT2D eigenvalue weighted by Crippen LogP contribution is 2.13. The van der Waals surface area contributed by atoms with Gasteiger partial charge in [0, 0.05) is 13.6 Å². The number of halogens is 1. The fraction of sp³-hybridized carbons (Fsp3) is 0.818. The van der Waals surface area contributed by atoms with E-state index in [1.807, 2.05) is 0 Å². The highest BCUT2D eigenvalue weighted by molar-refractivity contribution is 5.73. The van der Waals surface area contributed by atoms with Crippen LogP contribution in [0.1, 0.15) is 27.7 Å². The summed E-state index contributed by atoms with van der Waals surface area (Å²) >= 11 is 0. The third-order valence-corrected chi connectivity index (χ3v) is 2.05. The average molecular weight is 249 g/mol. The van der Waals surface area contributed by atoms with Crippen molar-refractivity contribution >= 4 is 12.1 Å². The van der Waals surface area contributed by atoms with E-state index >= 15 is 0 Å². The molecule has 0 aromatic heterocycles. The molecular formula is C11H20FNO4. The summed E-state index contributed by atoms with van der Waals surface area (Å²) in [5.74, 6) is -2.51. The SMILES string of the molecule is CC(F)C(CN(C)C(=O)OC(C)(C)C)C(=O)O. The second kappa shape index (κ2) is 5.84. The molecule has 0 bridgehead atoms. The summed E-state index contributed by atoms with van der Waals surface area (Å²) in [6, 6.07) is 0. The van der Waals surface area contributed by atoms with Gasteiger partial charge in [-0.15, -0.1) is 0 Å². The Bertz CT molecular complexity index is 286. The fourth-order valence-electron chi connectivity index (χ4n) is 1.13. The smallest absolute Gasteiger partial charge is 0.410 e. The normalized spacial score (nSPS) is 14.9. The molecule has 0 radical (unpaired) electrons. The highest BCUT2D eigenvalue weighted by Gasteiger charge is 2.29. The fourth-order valence-corrected chi connectivity index (χ4v) is 1.13. The minimum absolute atomic E-state index is 0.220. The van der Waals surface area contributed by atoms with Crippen LogP contribution in [0.15, 0.2) is 0 Å². The van der Waals surface area contributed by atoms with E-state index in [1.54, 1.807) is 20.8 Å². The van der Waals surface area contributed by atoms with Crippen molar-refractivity contribution in [1.82, 2.24) is 4.90 Å². The number of hydrogen-bond donors (Lipinski definition) is 1. The van der Waals surface area contributed by atoms with E-state index < -0.39 is 29.8 Å². The van der Waals surface area contributed by atoms with Gasteiger partial charge in [-0.3, -0.25) is 4.79 Å². The van der Waals surface area contributed by atoms with Gasteiger partial charge in [-0.2, -0.15) is 0 Å². The minimum atomic E-state index is -1.53. The molecule has 0 aliphatic rings. The van der Waals surface area contributed by atoms with Crippen molar-refractivity contribution in [3.05, 3.63) is 0 Å². The molecule has 6 heteroatoms. The first-order chi connectivity index (χ1) is 7.54. The van der Waals surface area contributed by atoms with Gasteiger partial charge in [0.2, 0.25) is 0 Å². The number of carbonyl (C=O) groups excluding carboxylic acids is 1. The van der Waals surface area contributed by atoms with Gasteiger partial charge in [0.15, 0.2) is 0 Å². The summed E-state index contributed by atoms with van der Waals surface area (Å²) in [4.78, 5) is 23.4. The average Bonchev–Trinajstić information content (AvgIpc) is 2.09. The summed E-state index contributed by atoms with van der Waals surface area (Å²) in [6.45, 7) is 6.03. The molecule has 0 saturated carbocycles. The Labute approximate surface area is 101 Å². The van der Waals surface area contributed by atoms with Gasteiger partial charge in [0.05, 0.1) is 0 Å². The number of hydrogen-bond acceptors (Lipinski definition) is 3. The van der Waals surface area contributed by atoms with Crippen molar-refractivity contribution in [2.45, 2.75) is 39.5 Å². The van der Waals surface area contributed by atoms with Crippen LogP contribution in [0, 0.1) is 5.92 Å². The molecule has 2 atom stereocenters. The molecule has 1 amide bonds. The molecule has 17 heavy (non-hydrogen) atoms. The molecule has 0 aromatic carbocycles. The quantitative estimate of drug-likeness (QED) is 0.826. The van der Waals surface area contributed by atoms with Gasteiger partial charge in [-0.05, 0) is 27.7 Å². The number of carboxylic acid groups (broad SMARTS) is 1. The zero-order valence-corrected chi connectivity index (χ0v) is 10.9. The number of ether oxygens (including phenoxy) is 1. The maximum absolute atomic E-state index is 13.0. The maximum atomic E-state index is 13.0. The van der Waals surface area contributed by atoms with Gasteiger partial charge in [-0.25, -0.2) is 9.18 Å². The monoisotopic (exact) mass is 249 g/mol. The number of carbonyl (C=O) groups is 2. The molecule has 0 fully saturated rings. The van der Waals surface area contributed by atoms with Crippen LogP contribution in [0.3, 0.4) is 0 Å². The first kappa shape index (κ1) is 15.7. The van der Waals surface area contributed by atoms with Crippen LogP contribution in [0.2, 0.25) is 0 Å². The Morgan fingerprint density at radius 2 is 1.88 bits per heavy atom. The second-order valence-electron chi connectivity index (χ2n) is 4.98. The van der Waals surface area contributed by atoms with Crippen molar-refractivity contribution in [2.75, 3.05) is 13.6 Å². The van der Waals surface area contributed by atoms with Gasteiger partial charge >= 0.3 is 12.1 Å². The number of alkyl halides is 1. The Hall–Kier alpha value is -1.33. The van der Waals surface area contributed by atoms with E-state index in [0.717, 1.165) is 11.8 Å². The summed E-state index contributed by atoms with van der Waals surface area (Å²) in [6.07, 6.45) is -2.19. The second-order valence-corrected chi connectivity index (χ2v) is 4.98. The van der Waals surface area contributed by atoms with Crippen molar-refractivity contribution in [2.24, 2.45) is 5.92 Å². The minimum Gasteiger partial charge on any atom is -0.481 e. The first-order valence-electron chi connectivity index (χ1n) is 5.35. The third kappa shape index (κ3) is 6.09. The van der Waals surface area contributed by atoms with Gasteiger partial charge in [-0.1, -0.05) is 0 Å². The summed E-state index contributed by atoms with van der Waals surface area (Å²) in [7, 11) is 1.38.